The van der Waals surface area contributed by atoms with Gasteiger partial charge in [0.2, 0.25) is 53.2 Å². The van der Waals surface area contributed by atoms with Crippen molar-refractivity contribution >= 4 is 97.9 Å². The van der Waals surface area contributed by atoms with E-state index in [0.717, 1.165) is 231 Å². The number of pyridine rings is 1. The minimum atomic E-state index is -1.62. The Morgan fingerprint density at radius 3 is 0.683 bits per heavy atom. The second-order valence-electron chi connectivity index (χ2n) is 40.1. The Balaban J connectivity index is 4.87. The highest BCUT2D eigenvalue weighted by Crippen LogP contribution is 2.41. The van der Waals surface area contributed by atoms with E-state index in [1.54, 1.807) is 12.3 Å². The number of nitrogens with one attached hydrogen (secondary N) is 9. The lowest BCUT2D eigenvalue weighted by Crippen LogP contribution is -2.53. The van der Waals surface area contributed by atoms with Crippen LogP contribution in [0.1, 0.15) is 449 Å². The molecule has 0 saturated carbocycles. The quantitative estimate of drug-likeness (QED) is 0.0213. The molecule has 32 nitrogen and oxygen atoms in total. The number of carbonyl (C=O) groups excluding carboxylic acids is 13. The van der Waals surface area contributed by atoms with Crippen LogP contribution in [0.25, 0.3) is 0 Å². The summed E-state index contributed by atoms with van der Waals surface area (Å²) in [5.41, 5.74) is 47.0. The summed E-state index contributed by atoms with van der Waals surface area (Å²) in [6.07, 6.45) is 36.0. The van der Waals surface area contributed by atoms with Crippen molar-refractivity contribution in [3.8, 4) is 0 Å². The van der Waals surface area contributed by atoms with Crippen molar-refractivity contribution in [2.24, 2.45) is 57.0 Å². The van der Waals surface area contributed by atoms with Crippen LogP contribution in [0.2, 0.25) is 0 Å². The number of nitrogens with two attached hydrogens (primary N) is 9. The fourth-order valence-corrected chi connectivity index (χ4v) is 20.2. The molecular weight excluding hydrogens is 1840 g/mol. The van der Waals surface area contributed by atoms with Crippen molar-refractivity contribution in [1.29, 1.82) is 0 Å². The van der Waals surface area contributed by atoms with Crippen molar-refractivity contribution in [2.45, 2.75) is 471 Å². The van der Waals surface area contributed by atoms with E-state index in [2.05, 4.69) is 52.8 Å². The van der Waals surface area contributed by atoms with E-state index in [1.165, 1.54) is 21.6 Å². The molecule has 1 aromatic rings. The molecule has 0 radical (unpaired) electrons. The highest BCUT2D eigenvalue weighted by atomic mass is 33.1. The lowest BCUT2D eigenvalue weighted by Gasteiger charge is -2.39. The molecule has 820 valence electrons. The Labute approximate surface area is 864 Å². The molecule has 34 heteroatoms. The number of hydrogen-bond donors (Lipinski definition) is 18. The van der Waals surface area contributed by atoms with Crippen LogP contribution in [0.4, 0.5) is 0 Å². The maximum absolute atomic E-state index is 16.1. The Morgan fingerprint density at radius 2 is 0.437 bits per heavy atom. The van der Waals surface area contributed by atoms with Gasteiger partial charge in [0.25, 0.3) is 0 Å². The largest absolute Gasteiger partial charge is 0.356 e. The van der Waals surface area contributed by atoms with Crippen LogP contribution in [0, 0.1) is 5.41 Å². The maximum Gasteiger partial charge on any atom is 0.221 e. The fraction of sp³-hybridized carbons (Fsp3) is 0.833. The molecular formula is C108H203N19O13S2. The number of nitrogens with zero attached hydrogens (tertiary/aromatic N) is 1. The predicted molar refractivity (Wildman–Crippen MR) is 580 cm³/mol. The average molecular weight is 2040 g/mol. The van der Waals surface area contributed by atoms with Crippen molar-refractivity contribution < 1.29 is 62.3 Å². The molecule has 0 aliphatic carbocycles. The molecule has 1 atom stereocenters. The molecule has 1 rings (SSSR count). The van der Waals surface area contributed by atoms with Gasteiger partial charge in [-0.15, -0.1) is 0 Å². The van der Waals surface area contributed by atoms with Gasteiger partial charge in [0.05, 0.1) is 0 Å². The Morgan fingerprint density at radius 1 is 0.225 bits per heavy atom. The van der Waals surface area contributed by atoms with Crippen LogP contribution in [-0.2, 0) is 62.3 Å². The molecule has 1 unspecified atom stereocenters. The van der Waals surface area contributed by atoms with Crippen molar-refractivity contribution in [1.82, 2.24) is 52.8 Å². The lowest BCUT2D eigenvalue weighted by molar-refractivity contribution is -0.129. The van der Waals surface area contributed by atoms with Gasteiger partial charge in [-0.25, -0.2) is 4.98 Å². The SMILES string of the molecule is NCCCCCCCCCC(=O)CCC(CCC(=O)NCCCCCCN)(CCC(=O)NCCCCCCN)NC(=O)CCC(CCC(=O)CC(CCC(=O)NCCCCCCN)(CCC(=O)NCCCCCCN)CCC(=O)NCCCCCCN)(CCC(=O)NC(CCC(=O)CCCCCCCN)(CCC(=O)CCCCCCCN)CCC(=O)NCCCCCCN)NC(=O)CCSSc1ccccn1. The van der Waals surface area contributed by atoms with Gasteiger partial charge in [-0.3, -0.25) is 62.3 Å². The molecule has 0 spiro atoms. The normalized spacial score (nSPS) is 12.1. The summed E-state index contributed by atoms with van der Waals surface area (Å²) in [5, 5.41) is 29.3. The van der Waals surface area contributed by atoms with E-state index >= 15 is 19.2 Å². The zero-order valence-corrected chi connectivity index (χ0v) is 90.0. The summed E-state index contributed by atoms with van der Waals surface area (Å²) in [7, 11) is 2.78. The van der Waals surface area contributed by atoms with Gasteiger partial charge in [0, 0.05) is 177 Å². The smallest absolute Gasteiger partial charge is 0.221 e. The van der Waals surface area contributed by atoms with Gasteiger partial charge in [-0.2, -0.15) is 0 Å². The van der Waals surface area contributed by atoms with Gasteiger partial charge in [-0.1, -0.05) is 165 Å². The highest BCUT2D eigenvalue weighted by Gasteiger charge is 2.41. The van der Waals surface area contributed by atoms with Crippen LogP contribution in [0.3, 0.4) is 0 Å². The van der Waals surface area contributed by atoms with E-state index in [9.17, 15) is 43.2 Å². The van der Waals surface area contributed by atoms with Gasteiger partial charge >= 0.3 is 0 Å². The Bertz CT molecular complexity index is 3120. The summed E-state index contributed by atoms with van der Waals surface area (Å²) in [4.78, 5) is 197. The summed E-state index contributed by atoms with van der Waals surface area (Å²) < 4.78 is 0. The monoisotopic (exact) mass is 2040 g/mol. The third kappa shape index (κ3) is 76.9. The molecule has 1 aromatic heterocycles. The Kier molecular flexibility index (Phi) is 86.3. The van der Waals surface area contributed by atoms with Crippen LogP contribution >= 0.6 is 21.6 Å². The minimum absolute atomic E-state index is 0.0217. The molecule has 0 aromatic carbocycles. The number of aromatic nitrogens is 1. The summed E-state index contributed by atoms with van der Waals surface area (Å²) in [6.45, 7) is 7.53. The first-order valence-electron chi connectivity index (χ1n) is 56.0. The van der Waals surface area contributed by atoms with E-state index < -0.39 is 39.8 Å². The number of amides is 9. The number of rotatable bonds is 105. The van der Waals surface area contributed by atoms with Gasteiger partial charge in [0.1, 0.15) is 28.2 Å². The first-order valence-corrected chi connectivity index (χ1v) is 58.3. The summed E-state index contributed by atoms with van der Waals surface area (Å²) in [5.74, 6) is -3.32. The zero-order chi connectivity index (χ0) is 104. The lowest BCUT2D eigenvalue weighted by atomic mass is 9.70. The van der Waals surface area contributed by atoms with Crippen LogP contribution in [0.5, 0.6) is 0 Å². The topological polar surface area (TPSA) is 577 Å². The highest BCUT2D eigenvalue weighted by molar-refractivity contribution is 8.76. The summed E-state index contributed by atoms with van der Waals surface area (Å²) >= 11 is 0. The molecule has 0 saturated heterocycles. The van der Waals surface area contributed by atoms with E-state index in [0.29, 0.717) is 135 Å². The third-order valence-electron chi connectivity index (χ3n) is 27.5. The molecule has 142 heavy (non-hydrogen) atoms. The molecule has 27 N–H and O–H groups in total. The third-order valence-corrected chi connectivity index (χ3v) is 29.8. The minimum Gasteiger partial charge on any atom is -0.356 e. The second kappa shape index (κ2) is 91.8. The van der Waals surface area contributed by atoms with E-state index in [-0.39, 0.29) is 251 Å². The number of hydrogen-bond acceptors (Lipinski definition) is 25. The molecule has 0 aliphatic rings. The first-order chi connectivity index (χ1) is 68.9. The van der Waals surface area contributed by atoms with Crippen molar-refractivity contribution in [2.75, 3.05) is 104 Å². The van der Waals surface area contributed by atoms with Crippen molar-refractivity contribution in [3.63, 3.8) is 0 Å². The van der Waals surface area contributed by atoms with Gasteiger partial charge < -0.3 is 99.5 Å². The van der Waals surface area contributed by atoms with Gasteiger partial charge in [0.15, 0.2) is 0 Å². The number of Topliss-reactive ketones (excluding diaryl/α,β-unsaturated/α-hetero) is 4. The maximum atomic E-state index is 16.1. The standard InChI is InChI=1S/C108H203N19O13S2/c109-73-28-9-3-1-2-6-24-44-93(130)50-66-107(69-56-99(136)122-86-41-22-16-35-80-116,70-57-100(137)123-87-42-23-17-36-81-117)126-102(139)59-72-108(127-103(140)60-89-141-142-104-47-27-43-88-124-104,67-51-94(131)90-105(61-52-95(132)118-82-37-18-12-31-76-112,62-53-96(133)119-83-38-19-13-32-77-113)63-54-97(134)120-84-39-20-14-33-78-114)71-58-101(138)125-106(64-48-91(128)45-25-7-4-10-29-74-110,65-49-92(129)46-26-8-5-11-30-75-111)68-55-98(135)121-85-40-21-15-34-79-115/h27,43,47,88H,1-26,28-42,44-46,48-87,89-90,109-117H2,(H,118,132)(H,119,133)(H,120,134)(H,121,135)(H,122,136)(H,123,137)(H,125,138)(H,126,139)(H,127,140). The molecule has 0 fully saturated rings. The average Bonchev–Trinajstić information content (AvgIpc) is 0.840. The molecule has 0 aliphatic heterocycles. The second-order valence-corrected chi connectivity index (χ2v) is 42.5. The molecule has 9 amide bonds. The zero-order valence-electron chi connectivity index (χ0n) is 88.4. The molecule has 0 bridgehead atoms. The number of ketones is 4. The summed E-state index contributed by atoms with van der Waals surface area (Å²) in [6, 6.07) is 5.53. The van der Waals surface area contributed by atoms with Crippen LogP contribution in [0.15, 0.2) is 29.4 Å². The fourth-order valence-electron chi connectivity index (χ4n) is 18.3. The van der Waals surface area contributed by atoms with E-state index in [4.69, 9.17) is 51.6 Å². The van der Waals surface area contributed by atoms with Crippen molar-refractivity contribution in [3.05, 3.63) is 24.4 Å². The van der Waals surface area contributed by atoms with Crippen LogP contribution < -0.4 is 99.5 Å². The molecule has 1 heterocycles. The number of carbonyl (C=O) groups is 13. The first kappa shape index (κ1) is 133. The Hall–Kier alpha value is -6.60. The predicted octanol–water partition coefficient (Wildman–Crippen LogP) is 14.3. The van der Waals surface area contributed by atoms with Crippen LogP contribution in [-0.4, -0.2) is 202 Å². The number of unbranched alkanes of at least 4 members (excludes halogenated alkanes) is 32. The van der Waals surface area contributed by atoms with Gasteiger partial charge in [-0.05, 0) is 280 Å². The van der Waals surface area contributed by atoms with E-state index in [1.807, 2.05) is 12.1 Å².